The smallest absolute Gasteiger partial charge is 0.335 e. The number of nitrogens with one attached hydrogen (secondary N) is 1. The molecule has 0 spiro atoms. The average Bonchev–Trinajstić information content (AvgIpc) is 2.83. The minimum absolute atomic E-state index is 0.00444. The number of anilines is 1. The van der Waals surface area contributed by atoms with Crippen molar-refractivity contribution in [1.82, 2.24) is 5.32 Å². The first-order valence-electron chi connectivity index (χ1n) is 10.8. The van der Waals surface area contributed by atoms with Gasteiger partial charge in [-0.05, 0) is 101 Å². The van der Waals surface area contributed by atoms with Crippen LogP contribution in [0.25, 0.3) is 6.08 Å². The summed E-state index contributed by atoms with van der Waals surface area (Å²) in [6.07, 6.45) is 1.43. The fraction of sp³-hybridized carbons (Fsp3) is 0.115. The summed E-state index contributed by atoms with van der Waals surface area (Å²) in [5.74, 6) is -0.901. The molecule has 9 nitrogen and oxygen atoms in total. The summed E-state index contributed by atoms with van der Waals surface area (Å²) in [6.45, 7) is 4.01. The summed E-state index contributed by atoms with van der Waals surface area (Å²) in [5.41, 5.74) is 3.49. The van der Waals surface area contributed by atoms with Gasteiger partial charge in [-0.3, -0.25) is 25.0 Å². The zero-order chi connectivity index (χ0) is 26.0. The van der Waals surface area contributed by atoms with Gasteiger partial charge < -0.3 is 4.74 Å². The van der Waals surface area contributed by atoms with Crippen molar-refractivity contribution in [2.24, 2.45) is 0 Å². The number of benzene rings is 3. The van der Waals surface area contributed by atoms with Crippen LogP contribution in [0.4, 0.5) is 16.2 Å². The van der Waals surface area contributed by atoms with Gasteiger partial charge in [-0.1, -0.05) is 12.1 Å². The SMILES string of the molecule is Cc1ccc(N2C(=O)NC(=O)/C(=C\c3ccc(OCc4ccc([N+](=O)[O-])cc4)c(I)c3)C2=O)cc1C. The highest BCUT2D eigenvalue weighted by molar-refractivity contribution is 14.1. The minimum atomic E-state index is -0.796. The van der Waals surface area contributed by atoms with Crippen LogP contribution in [0.2, 0.25) is 0 Å². The first-order valence-corrected chi connectivity index (χ1v) is 11.9. The highest BCUT2D eigenvalue weighted by Gasteiger charge is 2.36. The molecule has 1 heterocycles. The monoisotopic (exact) mass is 597 g/mol. The molecule has 0 unspecified atom stereocenters. The van der Waals surface area contributed by atoms with Gasteiger partial charge in [0, 0.05) is 12.1 Å². The Bertz CT molecular complexity index is 1430. The summed E-state index contributed by atoms with van der Waals surface area (Å²) >= 11 is 2.08. The molecule has 0 radical (unpaired) electrons. The second-order valence-corrected chi connectivity index (χ2v) is 9.29. The first-order chi connectivity index (χ1) is 17.1. The van der Waals surface area contributed by atoms with Crippen molar-refractivity contribution >= 4 is 57.9 Å². The lowest BCUT2D eigenvalue weighted by Crippen LogP contribution is -2.54. The number of hydrogen-bond acceptors (Lipinski definition) is 6. The Labute approximate surface area is 220 Å². The van der Waals surface area contributed by atoms with Crippen LogP contribution in [0.1, 0.15) is 22.3 Å². The van der Waals surface area contributed by atoms with Crippen LogP contribution in [0.5, 0.6) is 5.75 Å². The maximum Gasteiger partial charge on any atom is 0.335 e. The van der Waals surface area contributed by atoms with Crippen LogP contribution in [0.15, 0.2) is 66.2 Å². The predicted molar refractivity (Wildman–Crippen MR) is 142 cm³/mol. The van der Waals surface area contributed by atoms with E-state index in [4.69, 9.17) is 4.74 Å². The van der Waals surface area contributed by atoms with E-state index < -0.39 is 22.8 Å². The van der Waals surface area contributed by atoms with E-state index in [2.05, 4.69) is 27.9 Å². The van der Waals surface area contributed by atoms with E-state index in [-0.39, 0.29) is 17.9 Å². The Morgan fingerprint density at radius 2 is 1.72 bits per heavy atom. The molecule has 4 rings (SSSR count). The average molecular weight is 597 g/mol. The number of non-ortho nitro benzene ring substituents is 1. The predicted octanol–water partition coefficient (Wildman–Crippen LogP) is 5.06. The van der Waals surface area contributed by atoms with Crippen LogP contribution < -0.4 is 15.0 Å². The molecule has 1 aliphatic heterocycles. The van der Waals surface area contributed by atoms with E-state index >= 15 is 0 Å². The molecule has 0 atom stereocenters. The van der Waals surface area contributed by atoms with E-state index in [0.29, 0.717) is 17.0 Å². The Hall–Kier alpha value is -4.06. The molecular weight excluding hydrogens is 577 g/mol. The lowest BCUT2D eigenvalue weighted by molar-refractivity contribution is -0.384. The molecule has 0 bridgehead atoms. The Balaban J connectivity index is 1.53. The Morgan fingerprint density at radius 1 is 1.00 bits per heavy atom. The van der Waals surface area contributed by atoms with Gasteiger partial charge >= 0.3 is 6.03 Å². The van der Waals surface area contributed by atoms with E-state index in [1.807, 2.05) is 19.9 Å². The van der Waals surface area contributed by atoms with Crippen LogP contribution in [-0.2, 0) is 16.2 Å². The maximum absolute atomic E-state index is 13.1. The number of halogens is 1. The van der Waals surface area contributed by atoms with Gasteiger partial charge in [0.2, 0.25) is 0 Å². The number of carbonyl (C=O) groups excluding carboxylic acids is 3. The Morgan fingerprint density at radius 3 is 2.36 bits per heavy atom. The van der Waals surface area contributed by atoms with Crippen molar-refractivity contribution in [3.63, 3.8) is 0 Å². The van der Waals surface area contributed by atoms with Gasteiger partial charge in [0.25, 0.3) is 17.5 Å². The molecule has 1 aliphatic rings. The van der Waals surface area contributed by atoms with Crippen LogP contribution in [-0.4, -0.2) is 22.8 Å². The topological polar surface area (TPSA) is 119 Å². The molecule has 1 N–H and O–H groups in total. The second kappa shape index (κ2) is 10.3. The zero-order valence-corrected chi connectivity index (χ0v) is 21.4. The molecule has 36 heavy (non-hydrogen) atoms. The molecule has 4 amide bonds. The van der Waals surface area contributed by atoms with Crippen LogP contribution in [0.3, 0.4) is 0 Å². The number of imide groups is 2. The van der Waals surface area contributed by atoms with Crippen molar-refractivity contribution in [1.29, 1.82) is 0 Å². The summed E-state index contributed by atoms with van der Waals surface area (Å²) in [5, 5.41) is 13.0. The molecule has 182 valence electrons. The largest absolute Gasteiger partial charge is 0.488 e. The summed E-state index contributed by atoms with van der Waals surface area (Å²) in [6, 6.07) is 15.6. The quantitative estimate of drug-likeness (QED) is 0.140. The number of amides is 4. The van der Waals surface area contributed by atoms with E-state index in [1.54, 1.807) is 42.5 Å². The van der Waals surface area contributed by atoms with Crippen LogP contribution >= 0.6 is 22.6 Å². The van der Waals surface area contributed by atoms with Crippen molar-refractivity contribution in [2.75, 3.05) is 4.90 Å². The fourth-order valence-electron chi connectivity index (χ4n) is 3.52. The number of hydrogen-bond donors (Lipinski definition) is 1. The van der Waals surface area contributed by atoms with Gasteiger partial charge in [0.1, 0.15) is 17.9 Å². The Kier molecular flexibility index (Phi) is 7.15. The number of barbiturate groups is 1. The normalized spacial score (nSPS) is 14.7. The second-order valence-electron chi connectivity index (χ2n) is 8.13. The first kappa shape index (κ1) is 25.0. The van der Waals surface area contributed by atoms with Crippen molar-refractivity contribution in [2.45, 2.75) is 20.5 Å². The lowest BCUT2D eigenvalue weighted by Gasteiger charge is -2.26. The molecule has 10 heteroatoms. The summed E-state index contributed by atoms with van der Waals surface area (Å²) < 4.78 is 6.55. The van der Waals surface area contributed by atoms with Crippen molar-refractivity contribution in [3.05, 3.63) is 102 Å². The summed E-state index contributed by atoms with van der Waals surface area (Å²) in [4.78, 5) is 49.3. The number of ether oxygens (including phenoxy) is 1. The third kappa shape index (κ3) is 5.28. The minimum Gasteiger partial charge on any atom is -0.488 e. The van der Waals surface area contributed by atoms with Gasteiger partial charge in [-0.2, -0.15) is 0 Å². The number of nitro benzene ring substituents is 1. The zero-order valence-electron chi connectivity index (χ0n) is 19.3. The van der Waals surface area contributed by atoms with Crippen molar-refractivity contribution < 1.29 is 24.0 Å². The molecular formula is C26H20IN3O6. The molecule has 3 aromatic carbocycles. The number of carbonyl (C=O) groups is 3. The van der Waals surface area contributed by atoms with Gasteiger partial charge in [-0.25, -0.2) is 9.69 Å². The molecule has 0 aromatic heterocycles. The van der Waals surface area contributed by atoms with Gasteiger partial charge in [0.05, 0.1) is 14.2 Å². The van der Waals surface area contributed by atoms with E-state index in [1.165, 1.54) is 18.2 Å². The highest BCUT2D eigenvalue weighted by atomic mass is 127. The summed E-state index contributed by atoms with van der Waals surface area (Å²) in [7, 11) is 0. The van der Waals surface area contributed by atoms with E-state index in [9.17, 15) is 24.5 Å². The number of aryl methyl sites for hydroxylation is 2. The van der Waals surface area contributed by atoms with Gasteiger partial charge in [0.15, 0.2) is 0 Å². The van der Waals surface area contributed by atoms with Crippen molar-refractivity contribution in [3.8, 4) is 5.75 Å². The lowest BCUT2D eigenvalue weighted by atomic mass is 10.1. The molecule has 0 saturated carbocycles. The highest BCUT2D eigenvalue weighted by Crippen LogP contribution is 2.27. The third-order valence-electron chi connectivity index (χ3n) is 5.66. The van der Waals surface area contributed by atoms with Crippen LogP contribution in [0, 0.1) is 27.5 Å². The third-order valence-corrected chi connectivity index (χ3v) is 6.50. The maximum atomic E-state index is 13.1. The standard InChI is InChI=1S/C26H20IN3O6/c1-15-3-7-20(11-16(15)2)29-25(32)21(24(31)28-26(29)33)12-18-6-10-23(22(27)13-18)36-14-17-4-8-19(9-5-17)30(34)35/h3-13H,14H2,1-2H3,(H,28,31,33)/b21-12+. The molecule has 1 saturated heterocycles. The van der Waals surface area contributed by atoms with E-state index in [0.717, 1.165) is 25.2 Å². The molecule has 1 fully saturated rings. The molecule has 0 aliphatic carbocycles. The number of nitro groups is 1. The molecule has 3 aromatic rings. The number of nitrogens with zero attached hydrogens (tertiary/aromatic N) is 2. The fourth-order valence-corrected chi connectivity index (χ4v) is 4.22. The van der Waals surface area contributed by atoms with Gasteiger partial charge in [-0.15, -0.1) is 0 Å². The number of rotatable bonds is 6. The number of urea groups is 1.